The largest absolute Gasteiger partial charge is 0.321 e. The number of nitrogens with zero attached hydrogens (tertiary/aromatic N) is 2. The summed E-state index contributed by atoms with van der Waals surface area (Å²) in [6.45, 7) is 6.97. The van der Waals surface area contributed by atoms with Gasteiger partial charge < -0.3 is 15.5 Å². The van der Waals surface area contributed by atoms with Crippen molar-refractivity contribution in [2.24, 2.45) is 0 Å². The number of benzene rings is 2. The van der Waals surface area contributed by atoms with Crippen LogP contribution in [0.1, 0.15) is 31.2 Å². The van der Waals surface area contributed by atoms with Gasteiger partial charge in [-0.3, -0.25) is 14.5 Å². The molecule has 2 heterocycles. The molecule has 0 unspecified atom stereocenters. The fraction of sp³-hybridized carbons (Fsp3) is 0.280. The number of carbonyl (C=O) groups is 2. The van der Waals surface area contributed by atoms with Gasteiger partial charge in [-0.25, -0.2) is 0 Å². The Bertz CT molecular complexity index is 1150. The maximum Gasteiger partial charge on any atom is 0.266 e. The first-order valence-electron chi connectivity index (χ1n) is 10.9. The number of thiophene rings is 1. The fourth-order valence-corrected chi connectivity index (χ4v) is 4.98. The smallest absolute Gasteiger partial charge is 0.266 e. The molecule has 172 valence electrons. The van der Waals surface area contributed by atoms with Crippen molar-refractivity contribution in [2.45, 2.75) is 13.5 Å². The van der Waals surface area contributed by atoms with Crippen LogP contribution in [0.15, 0.2) is 54.6 Å². The molecular weight excluding hydrogens is 456 g/mol. The normalized spacial score (nSPS) is 14.8. The van der Waals surface area contributed by atoms with Crippen molar-refractivity contribution in [1.82, 2.24) is 9.80 Å². The van der Waals surface area contributed by atoms with E-state index >= 15 is 0 Å². The lowest BCUT2D eigenvalue weighted by Crippen LogP contribution is -2.43. The molecule has 2 aromatic carbocycles. The van der Waals surface area contributed by atoms with Gasteiger partial charge in [0.25, 0.3) is 11.8 Å². The van der Waals surface area contributed by atoms with Gasteiger partial charge in [-0.05, 0) is 55.4 Å². The number of carbonyl (C=O) groups excluding carboxylic acids is 2. The monoisotopic (exact) mass is 482 g/mol. The number of nitrogens with one attached hydrogen (secondary N) is 2. The SMILES string of the molecule is Cc1cc(NC(=O)c2ccccc2Cl)sc1C(=O)Nc1cccc(CN2CCN(C)CC2)c1. The summed E-state index contributed by atoms with van der Waals surface area (Å²) in [6.07, 6.45) is 0. The molecule has 1 aromatic heterocycles. The number of hydrogen-bond acceptors (Lipinski definition) is 5. The molecule has 1 saturated heterocycles. The Morgan fingerprint density at radius 2 is 1.73 bits per heavy atom. The predicted octanol–water partition coefficient (Wildman–Crippen LogP) is 4.96. The number of likely N-dealkylation sites (N-methyl/N-ethyl adjacent to an activating group) is 1. The highest BCUT2D eigenvalue weighted by molar-refractivity contribution is 7.18. The number of piperazine rings is 1. The van der Waals surface area contributed by atoms with Crippen LogP contribution in [0.3, 0.4) is 0 Å². The number of anilines is 2. The molecule has 1 aliphatic heterocycles. The van der Waals surface area contributed by atoms with Crippen molar-refractivity contribution in [3.8, 4) is 0 Å². The first kappa shape index (κ1) is 23.4. The van der Waals surface area contributed by atoms with Gasteiger partial charge in [0.05, 0.1) is 20.5 Å². The van der Waals surface area contributed by atoms with Crippen LogP contribution in [-0.2, 0) is 6.54 Å². The third-order valence-corrected chi connectivity index (χ3v) is 7.15. The molecule has 4 rings (SSSR count). The van der Waals surface area contributed by atoms with E-state index in [9.17, 15) is 9.59 Å². The predicted molar refractivity (Wildman–Crippen MR) is 136 cm³/mol. The molecule has 0 aliphatic carbocycles. The minimum Gasteiger partial charge on any atom is -0.321 e. The Morgan fingerprint density at radius 3 is 2.48 bits per heavy atom. The van der Waals surface area contributed by atoms with Gasteiger partial charge >= 0.3 is 0 Å². The number of amides is 2. The van der Waals surface area contributed by atoms with E-state index in [1.807, 2.05) is 25.1 Å². The molecule has 6 nitrogen and oxygen atoms in total. The lowest BCUT2D eigenvalue weighted by Gasteiger charge is -2.32. The Labute approximate surface area is 203 Å². The van der Waals surface area contributed by atoms with Crippen LogP contribution in [0.5, 0.6) is 0 Å². The Morgan fingerprint density at radius 1 is 0.970 bits per heavy atom. The quantitative estimate of drug-likeness (QED) is 0.521. The molecule has 8 heteroatoms. The van der Waals surface area contributed by atoms with Gasteiger partial charge in [0.1, 0.15) is 0 Å². The molecule has 0 bridgehead atoms. The van der Waals surface area contributed by atoms with Gasteiger partial charge in [-0.1, -0.05) is 35.9 Å². The fourth-order valence-electron chi connectivity index (χ4n) is 3.79. The van der Waals surface area contributed by atoms with Gasteiger partial charge in [0.2, 0.25) is 0 Å². The van der Waals surface area contributed by atoms with Gasteiger partial charge in [0, 0.05) is 38.4 Å². The zero-order chi connectivity index (χ0) is 23.4. The van der Waals surface area contributed by atoms with Gasteiger partial charge in [-0.2, -0.15) is 0 Å². The van der Waals surface area contributed by atoms with Crippen LogP contribution in [0.4, 0.5) is 10.7 Å². The molecule has 2 amide bonds. The van der Waals surface area contributed by atoms with Crippen molar-refractivity contribution in [3.05, 3.63) is 81.2 Å². The van der Waals surface area contributed by atoms with E-state index in [4.69, 9.17) is 11.6 Å². The standard InChI is InChI=1S/C25H27ClN4O2S/c1-17-14-22(28-24(31)20-8-3-4-9-21(20)26)33-23(17)25(32)27-19-7-5-6-18(15-19)16-30-12-10-29(2)11-13-30/h3-9,14-15H,10-13,16H2,1-2H3,(H,27,32)(H,28,31). The van der Waals surface area contributed by atoms with Crippen molar-refractivity contribution >= 4 is 45.4 Å². The van der Waals surface area contributed by atoms with Crippen LogP contribution >= 0.6 is 22.9 Å². The van der Waals surface area contributed by atoms with Crippen LogP contribution in [0, 0.1) is 6.92 Å². The average molecular weight is 483 g/mol. The average Bonchev–Trinajstić information content (AvgIpc) is 3.16. The van der Waals surface area contributed by atoms with E-state index in [2.05, 4.69) is 33.5 Å². The number of halogens is 1. The molecule has 2 N–H and O–H groups in total. The maximum absolute atomic E-state index is 12.9. The summed E-state index contributed by atoms with van der Waals surface area (Å²) >= 11 is 7.37. The summed E-state index contributed by atoms with van der Waals surface area (Å²) in [5.41, 5.74) is 3.14. The maximum atomic E-state index is 12.9. The molecule has 1 fully saturated rings. The Kier molecular flexibility index (Phi) is 7.45. The van der Waals surface area contributed by atoms with E-state index in [1.54, 1.807) is 30.3 Å². The van der Waals surface area contributed by atoms with Gasteiger partial charge in [-0.15, -0.1) is 11.3 Å². The number of hydrogen-bond donors (Lipinski definition) is 2. The lowest BCUT2D eigenvalue weighted by molar-refractivity contribution is 0.102. The van der Waals surface area contributed by atoms with E-state index in [-0.39, 0.29) is 11.8 Å². The third kappa shape index (κ3) is 6.00. The molecule has 0 spiro atoms. The lowest BCUT2D eigenvalue weighted by atomic mass is 10.1. The van der Waals surface area contributed by atoms with Crippen molar-refractivity contribution in [1.29, 1.82) is 0 Å². The summed E-state index contributed by atoms with van der Waals surface area (Å²) in [7, 11) is 2.15. The number of rotatable bonds is 6. The van der Waals surface area contributed by atoms with Gasteiger partial charge in [0.15, 0.2) is 0 Å². The second-order valence-corrected chi connectivity index (χ2v) is 9.75. The van der Waals surface area contributed by atoms with Crippen LogP contribution in [0.25, 0.3) is 0 Å². The van der Waals surface area contributed by atoms with E-state index < -0.39 is 0 Å². The number of aryl methyl sites for hydroxylation is 1. The molecule has 0 radical (unpaired) electrons. The molecule has 3 aromatic rings. The molecule has 33 heavy (non-hydrogen) atoms. The van der Waals surface area contributed by atoms with E-state index in [0.29, 0.717) is 20.5 Å². The van der Waals surface area contributed by atoms with Crippen molar-refractivity contribution < 1.29 is 9.59 Å². The van der Waals surface area contributed by atoms with Crippen LogP contribution < -0.4 is 10.6 Å². The topological polar surface area (TPSA) is 64.7 Å². The highest BCUT2D eigenvalue weighted by Crippen LogP contribution is 2.29. The molecule has 1 aliphatic rings. The first-order valence-corrected chi connectivity index (χ1v) is 12.1. The molecule has 0 atom stereocenters. The van der Waals surface area contributed by atoms with Crippen molar-refractivity contribution in [2.75, 3.05) is 43.9 Å². The molecular formula is C25H27ClN4O2S. The highest BCUT2D eigenvalue weighted by Gasteiger charge is 2.18. The van der Waals surface area contributed by atoms with Crippen molar-refractivity contribution in [3.63, 3.8) is 0 Å². The minimum absolute atomic E-state index is 0.188. The second kappa shape index (κ2) is 10.5. The zero-order valence-electron chi connectivity index (χ0n) is 18.7. The first-order chi connectivity index (χ1) is 15.9. The van der Waals surface area contributed by atoms with Crippen LogP contribution in [-0.4, -0.2) is 54.8 Å². The summed E-state index contributed by atoms with van der Waals surface area (Å²) in [4.78, 5) is 30.8. The summed E-state index contributed by atoms with van der Waals surface area (Å²) < 4.78 is 0. The zero-order valence-corrected chi connectivity index (χ0v) is 20.3. The summed E-state index contributed by atoms with van der Waals surface area (Å²) in [5.74, 6) is -0.488. The van der Waals surface area contributed by atoms with E-state index in [1.165, 1.54) is 16.9 Å². The second-order valence-electron chi connectivity index (χ2n) is 8.29. The highest BCUT2D eigenvalue weighted by atomic mass is 35.5. The third-order valence-electron chi connectivity index (χ3n) is 5.67. The van der Waals surface area contributed by atoms with E-state index in [0.717, 1.165) is 44.0 Å². The summed E-state index contributed by atoms with van der Waals surface area (Å²) in [6, 6.07) is 16.7. The Hall–Kier alpha value is -2.71. The summed E-state index contributed by atoms with van der Waals surface area (Å²) in [5, 5.41) is 6.83. The molecule has 0 saturated carbocycles. The Balaban J connectivity index is 1.40. The van der Waals surface area contributed by atoms with Crippen LogP contribution in [0.2, 0.25) is 5.02 Å². The minimum atomic E-state index is -0.301.